The summed E-state index contributed by atoms with van der Waals surface area (Å²) < 4.78 is 0. The first kappa shape index (κ1) is 27.0. The smallest absolute Gasteiger partial charge is 0.326 e. The van der Waals surface area contributed by atoms with Crippen LogP contribution in [0.25, 0.3) is 0 Å². The fourth-order valence-corrected chi connectivity index (χ4v) is 4.52. The molecule has 0 bridgehead atoms. The minimum Gasteiger partial charge on any atom is -0.480 e. The maximum Gasteiger partial charge on any atom is 0.326 e. The highest BCUT2D eigenvalue weighted by atomic mass is 32.2. The molecule has 0 saturated carbocycles. The predicted molar refractivity (Wildman–Crippen MR) is 135 cm³/mol. The lowest BCUT2D eigenvalue weighted by atomic mass is 9.91. The first-order chi connectivity index (χ1) is 15.3. The molecule has 1 heterocycles. The molecule has 0 aliphatic carbocycles. The van der Waals surface area contributed by atoms with E-state index in [1.165, 1.54) is 5.56 Å². The number of carboxylic acid groups (broad SMARTS) is 1. The molecule has 1 aliphatic heterocycles. The van der Waals surface area contributed by atoms with Gasteiger partial charge in [-0.25, -0.2) is 4.79 Å². The molecule has 180 valence electrons. The number of amides is 1. The van der Waals surface area contributed by atoms with E-state index < -0.39 is 18.1 Å². The van der Waals surface area contributed by atoms with E-state index in [4.69, 9.17) is 5.73 Å². The minimum absolute atomic E-state index is 0.0338. The number of carboxylic acids is 1. The van der Waals surface area contributed by atoms with Crippen molar-refractivity contribution in [2.75, 3.05) is 30.9 Å². The Labute approximate surface area is 201 Å². The van der Waals surface area contributed by atoms with Crippen LogP contribution in [0.3, 0.4) is 0 Å². The predicted octanol–water partition coefficient (Wildman–Crippen LogP) is 1.61. The number of benzene rings is 1. The lowest BCUT2D eigenvalue weighted by molar-refractivity contribution is -0.143. The largest absolute Gasteiger partial charge is 0.480 e. The molecular weight excluding hydrogens is 444 g/mol. The molecule has 0 saturated heterocycles. The van der Waals surface area contributed by atoms with Crippen LogP contribution < -0.4 is 16.4 Å². The van der Waals surface area contributed by atoms with Gasteiger partial charge in [-0.2, -0.15) is 24.4 Å². The van der Waals surface area contributed by atoms with Crippen molar-refractivity contribution in [3.8, 4) is 0 Å². The summed E-state index contributed by atoms with van der Waals surface area (Å²) in [6.07, 6.45) is 2.90. The Balaban J connectivity index is 2.20. The van der Waals surface area contributed by atoms with Gasteiger partial charge in [0, 0.05) is 37.5 Å². The van der Waals surface area contributed by atoms with E-state index >= 15 is 0 Å². The summed E-state index contributed by atoms with van der Waals surface area (Å²) >= 11 is 5.84. The van der Waals surface area contributed by atoms with Gasteiger partial charge < -0.3 is 21.5 Å². The van der Waals surface area contributed by atoms with Gasteiger partial charge >= 0.3 is 5.97 Å². The van der Waals surface area contributed by atoms with Crippen molar-refractivity contribution in [3.63, 3.8) is 0 Å². The molecular formula is C23H38N4O3S2. The highest BCUT2D eigenvalue weighted by Crippen LogP contribution is 2.24. The Bertz CT molecular complexity index is 750. The molecule has 1 aromatic carbocycles. The van der Waals surface area contributed by atoms with Gasteiger partial charge in [-0.15, -0.1) is 0 Å². The highest BCUT2D eigenvalue weighted by Gasteiger charge is 2.35. The van der Waals surface area contributed by atoms with Gasteiger partial charge in [0.1, 0.15) is 6.04 Å². The number of nitrogens with two attached hydrogens (primary N) is 1. The third-order valence-electron chi connectivity index (χ3n) is 5.99. The van der Waals surface area contributed by atoms with E-state index in [1.54, 1.807) is 11.8 Å². The Morgan fingerprint density at radius 2 is 2.00 bits per heavy atom. The summed E-state index contributed by atoms with van der Waals surface area (Å²) in [6.45, 7) is 6.29. The van der Waals surface area contributed by atoms with E-state index in [0.29, 0.717) is 49.9 Å². The molecule has 4 atom stereocenters. The first-order valence-corrected chi connectivity index (χ1v) is 13.2. The monoisotopic (exact) mass is 482 g/mol. The average molecular weight is 483 g/mol. The average Bonchev–Trinajstić information content (AvgIpc) is 2.77. The van der Waals surface area contributed by atoms with Gasteiger partial charge in [-0.1, -0.05) is 38.1 Å². The molecule has 9 heteroatoms. The molecule has 0 radical (unpaired) electrons. The van der Waals surface area contributed by atoms with Gasteiger partial charge in [-0.3, -0.25) is 9.69 Å². The minimum atomic E-state index is -0.988. The van der Waals surface area contributed by atoms with Crippen molar-refractivity contribution >= 4 is 36.3 Å². The third-order valence-corrected chi connectivity index (χ3v) is 7.10. The normalized spacial score (nSPS) is 19.2. The standard InChI is InChI=1S/C23H38N4O3S2/c1-15(2)20(25-11-18(24)14-31)13-27-12-17-7-5-4-6-16(17)10-21(27)22(28)26-19(23(29)30)8-9-32-3/h4-7,15,18-21,25,31H,8-14,24H2,1-3H3,(H,26,28)(H,29,30)/t18-,19+,20-,21+/m1/s1. The molecule has 0 fully saturated rings. The molecule has 1 amide bonds. The summed E-state index contributed by atoms with van der Waals surface area (Å²) in [4.78, 5) is 27.1. The topological polar surface area (TPSA) is 108 Å². The van der Waals surface area contributed by atoms with E-state index in [2.05, 4.69) is 54.1 Å². The van der Waals surface area contributed by atoms with Crippen LogP contribution in [-0.4, -0.2) is 76.9 Å². The molecule has 1 aromatic rings. The lowest BCUT2D eigenvalue weighted by Gasteiger charge is -2.39. The van der Waals surface area contributed by atoms with Crippen LogP contribution in [0.2, 0.25) is 0 Å². The van der Waals surface area contributed by atoms with E-state index in [-0.39, 0.29) is 18.0 Å². The van der Waals surface area contributed by atoms with Gasteiger partial charge in [0.05, 0.1) is 6.04 Å². The number of fused-ring (bicyclic) bond motifs is 1. The second-order valence-corrected chi connectivity index (χ2v) is 10.2. The van der Waals surface area contributed by atoms with E-state index in [1.807, 2.05) is 18.4 Å². The summed E-state index contributed by atoms with van der Waals surface area (Å²) in [7, 11) is 0. The van der Waals surface area contributed by atoms with Gasteiger partial charge in [0.15, 0.2) is 0 Å². The number of hydrogen-bond acceptors (Lipinski definition) is 7. The summed E-state index contributed by atoms with van der Waals surface area (Å²) in [5.74, 6) is 0.419. The summed E-state index contributed by atoms with van der Waals surface area (Å²) in [6, 6.07) is 6.98. The van der Waals surface area contributed by atoms with E-state index in [0.717, 1.165) is 5.56 Å². The second kappa shape index (κ2) is 13.4. The number of aliphatic carboxylic acids is 1. The maximum absolute atomic E-state index is 13.3. The van der Waals surface area contributed by atoms with Crippen molar-refractivity contribution in [2.24, 2.45) is 11.7 Å². The van der Waals surface area contributed by atoms with Crippen LogP contribution in [0.15, 0.2) is 24.3 Å². The third kappa shape index (κ3) is 7.95. The molecule has 0 spiro atoms. The van der Waals surface area contributed by atoms with Gasteiger partial charge in [0.25, 0.3) is 0 Å². The number of carbonyl (C=O) groups excluding carboxylic acids is 1. The molecule has 32 heavy (non-hydrogen) atoms. The van der Waals surface area contributed by atoms with Gasteiger partial charge in [0.2, 0.25) is 5.91 Å². The molecule has 1 aliphatic rings. The zero-order valence-corrected chi connectivity index (χ0v) is 21.0. The van der Waals surface area contributed by atoms with Crippen molar-refractivity contribution < 1.29 is 14.7 Å². The number of thioether (sulfide) groups is 1. The number of nitrogens with zero attached hydrogens (tertiary/aromatic N) is 1. The van der Waals surface area contributed by atoms with Crippen LogP contribution in [0.5, 0.6) is 0 Å². The summed E-state index contributed by atoms with van der Waals surface area (Å²) in [5.41, 5.74) is 8.40. The fraction of sp³-hybridized carbons (Fsp3) is 0.652. The lowest BCUT2D eigenvalue weighted by Crippen LogP contribution is -2.57. The molecule has 0 unspecified atom stereocenters. The number of thiol groups is 1. The first-order valence-electron chi connectivity index (χ1n) is 11.2. The number of carbonyl (C=O) groups is 2. The van der Waals surface area contributed by atoms with Crippen molar-refractivity contribution in [3.05, 3.63) is 35.4 Å². The van der Waals surface area contributed by atoms with Crippen molar-refractivity contribution in [1.29, 1.82) is 0 Å². The molecule has 7 nitrogen and oxygen atoms in total. The van der Waals surface area contributed by atoms with Crippen molar-refractivity contribution in [1.82, 2.24) is 15.5 Å². The van der Waals surface area contributed by atoms with Crippen LogP contribution in [0.1, 0.15) is 31.4 Å². The number of hydrogen-bond donors (Lipinski definition) is 5. The maximum atomic E-state index is 13.3. The second-order valence-electron chi connectivity index (χ2n) is 8.80. The zero-order chi connectivity index (χ0) is 23.7. The summed E-state index contributed by atoms with van der Waals surface area (Å²) in [5, 5.41) is 15.9. The Hall–Kier alpha value is -1.26. The number of rotatable bonds is 13. The zero-order valence-electron chi connectivity index (χ0n) is 19.3. The van der Waals surface area contributed by atoms with Crippen LogP contribution >= 0.6 is 24.4 Å². The molecule has 0 aromatic heterocycles. The number of nitrogens with one attached hydrogen (secondary N) is 2. The van der Waals surface area contributed by atoms with Crippen LogP contribution in [0.4, 0.5) is 0 Å². The SMILES string of the molecule is CSCC[C@H](NC(=O)[C@@H]1Cc2ccccc2CN1C[C@@H](NC[C@@H](N)CS)C(C)C)C(=O)O. The molecule has 2 rings (SSSR count). The Kier molecular flexibility index (Phi) is 11.3. The molecule has 5 N–H and O–H groups in total. The Morgan fingerprint density at radius 3 is 2.59 bits per heavy atom. The van der Waals surface area contributed by atoms with E-state index in [9.17, 15) is 14.7 Å². The van der Waals surface area contributed by atoms with Crippen LogP contribution in [-0.2, 0) is 22.6 Å². The van der Waals surface area contributed by atoms with Gasteiger partial charge in [-0.05, 0) is 41.9 Å². The fourth-order valence-electron chi connectivity index (χ4n) is 3.92. The van der Waals surface area contributed by atoms with Crippen LogP contribution in [0, 0.1) is 5.92 Å². The Morgan fingerprint density at radius 1 is 1.31 bits per heavy atom. The van der Waals surface area contributed by atoms with Crippen molar-refractivity contribution in [2.45, 2.75) is 57.4 Å². The highest BCUT2D eigenvalue weighted by molar-refractivity contribution is 7.98. The quantitative estimate of drug-likeness (QED) is 0.272.